The van der Waals surface area contributed by atoms with E-state index in [1.807, 2.05) is 0 Å². The summed E-state index contributed by atoms with van der Waals surface area (Å²) in [7, 11) is 0. The maximum atomic E-state index is 13.9. The Bertz CT molecular complexity index is 515. The summed E-state index contributed by atoms with van der Waals surface area (Å²) >= 11 is 0. The van der Waals surface area contributed by atoms with Crippen LogP contribution in [-0.4, -0.2) is 52.2 Å². The standard InChI is InChI=1S/C12H15FN2O5/c1-8-6-9(15(19)20)7-10(11(8)13)12(18)14(2-4-16)3-5-17/h6-7,16-17H,2-5H2,1H3. The lowest BCUT2D eigenvalue weighted by Crippen LogP contribution is -2.36. The lowest BCUT2D eigenvalue weighted by atomic mass is 10.1. The largest absolute Gasteiger partial charge is 0.395 e. The van der Waals surface area contributed by atoms with Gasteiger partial charge in [-0.05, 0) is 12.5 Å². The number of amides is 1. The van der Waals surface area contributed by atoms with Crippen LogP contribution in [0.1, 0.15) is 15.9 Å². The predicted octanol–water partition coefficient (Wildman–Crippen LogP) is 0.469. The Kier molecular flexibility index (Phi) is 5.53. The fourth-order valence-corrected chi connectivity index (χ4v) is 1.74. The lowest BCUT2D eigenvalue weighted by Gasteiger charge is -2.21. The molecule has 1 amide bonds. The van der Waals surface area contributed by atoms with Gasteiger partial charge in [0.2, 0.25) is 0 Å². The summed E-state index contributed by atoms with van der Waals surface area (Å²) < 4.78 is 13.9. The van der Waals surface area contributed by atoms with Crippen molar-refractivity contribution >= 4 is 11.6 Å². The summed E-state index contributed by atoms with van der Waals surface area (Å²) in [5.41, 5.74) is -0.853. The first-order valence-corrected chi connectivity index (χ1v) is 5.88. The van der Waals surface area contributed by atoms with Crippen molar-refractivity contribution in [3.8, 4) is 0 Å². The maximum Gasteiger partial charge on any atom is 0.270 e. The molecule has 7 nitrogen and oxygen atoms in total. The maximum absolute atomic E-state index is 13.9. The minimum Gasteiger partial charge on any atom is -0.395 e. The van der Waals surface area contributed by atoms with E-state index in [0.717, 1.165) is 17.0 Å². The first kappa shape index (κ1) is 16.0. The molecule has 2 N–H and O–H groups in total. The Morgan fingerprint density at radius 3 is 2.35 bits per heavy atom. The van der Waals surface area contributed by atoms with Crippen LogP contribution in [-0.2, 0) is 0 Å². The van der Waals surface area contributed by atoms with Crippen molar-refractivity contribution in [3.63, 3.8) is 0 Å². The number of nitrogens with zero attached hydrogens (tertiary/aromatic N) is 2. The van der Waals surface area contributed by atoms with Crippen LogP contribution in [0.2, 0.25) is 0 Å². The Hall–Kier alpha value is -2.06. The van der Waals surface area contributed by atoms with Gasteiger partial charge in [0.1, 0.15) is 5.82 Å². The summed E-state index contributed by atoms with van der Waals surface area (Å²) in [6.45, 7) is 0.408. The normalized spacial score (nSPS) is 10.4. The number of benzene rings is 1. The average Bonchev–Trinajstić information content (AvgIpc) is 2.40. The molecule has 0 spiro atoms. The first-order chi connectivity index (χ1) is 9.42. The zero-order valence-corrected chi connectivity index (χ0v) is 10.9. The fraction of sp³-hybridized carbons (Fsp3) is 0.417. The number of halogens is 1. The second-order valence-corrected chi connectivity index (χ2v) is 4.12. The molecule has 0 radical (unpaired) electrons. The van der Waals surface area contributed by atoms with Gasteiger partial charge in [-0.15, -0.1) is 0 Å². The van der Waals surface area contributed by atoms with E-state index in [1.54, 1.807) is 0 Å². The Morgan fingerprint density at radius 2 is 1.90 bits per heavy atom. The summed E-state index contributed by atoms with van der Waals surface area (Å²) in [6, 6.07) is 1.89. The van der Waals surface area contributed by atoms with E-state index in [2.05, 4.69) is 0 Å². The number of carbonyl (C=O) groups excluding carboxylic acids is 1. The summed E-state index contributed by atoms with van der Waals surface area (Å²) in [5.74, 6) is -1.65. The monoisotopic (exact) mass is 286 g/mol. The first-order valence-electron chi connectivity index (χ1n) is 5.88. The highest BCUT2D eigenvalue weighted by Crippen LogP contribution is 2.22. The molecule has 0 atom stereocenters. The summed E-state index contributed by atoms with van der Waals surface area (Å²) in [4.78, 5) is 23.2. The molecule has 1 rings (SSSR count). The molecule has 0 aliphatic carbocycles. The zero-order valence-electron chi connectivity index (χ0n) is 10.9. The van der Waals surface area contributed by atoms with E-state index in [-0.39, 0.29) is 37.6 Å². The minimum absolute atomic E-state index is 0.0181. The number of aliphatic hydroxyl groups is 2. The molecule has 0 unspecified atom stereocenters. The van der Waals surface area contributed by atoms with E-state index < -0.39 is 22.2 Å². The van der Waals surface area contributed by atoms with Gasteiger partial charge in [0, 0.05) is 25.2 Å². The number of nitro benzene ring substituents is 1. The van der Waals surface area contributed by atoms with E-state index in [1.165, 1.54) is 6.92 Å². The predicted molar refractivity (Wildman–Crippen MR) is 67.9 cm³/mol. The highest BCUT2D eigenvalue weighted by molar-refractivity contribution is 5.95. The van der Waals surface area contributed by atoms with Gasteiger partial charge in [0.05, 0.1) is 23.7 Å². The molecule has 0 aliphatic rings. The van der Waals surface area contributed by atoms with E-state index in [4.69, 9.17) is 10.2 Å². The minimum atomic E-state index is -0.846. The highest BCUT2D eigenvalue weighted by Gasteiger charge is 2.23. The van der Waals surface area contributed by atoms with Gasteiger partial charge in [0.15, 0.2) is 0 Å². The van der Waals surface area contributed by atoms with Crippen molar-refractivity contribution in [2.24, 2.45) is 0 Å². The van der Waals surface area contributed by atoms with Crippen LogP contribution < -0.4 is 0 Å². The molecule has 1 aromatic rings. The lowest BCUT2D eigenvalue weighted by molar-refractivity contribution is -0.385. The average molecular weight is 286 g/mol. The number of aliphatic hydroxyl groups excluding tert-OH is 2. The van der Waals surface area contributed by atoms with E-state index in [9.17, 15) is 19.3 Å². The van der Waals surface area contributed by atoms with Gasteiger partial charge in [-0.3, -0.25) is 14.9 Å². The van der Waals surface area contributed by atoms with Crippen molar-refractivity contribution in [1.82, 2.24) is 4.90 Å². The Morgan fingerprint density at radius 1 is 1.35 bits per heavy atom. The summed E-state index contributed by atoms with van der Waals surface area (Å²) in [5, 5.41) is 28.4. The molecule has 0 heterocycles. The van der Waals surface area contributed by atoms with Crippen molar-refractivity contribution in [1.29, 1.82) is 0 Å². The van der Waals surface area contributed by atoms with E-state index >= 15 is 0 Å². The van der Waals surface area contributed by atoms with E-state index in [0.29, 0.717) is 0 Å². The Balaban J connectivity index is 3.22. The molecule has 0 aromatic heterocycles. The van der Waals surface area contributed by atoms with Gasteiger partial charge < -0.3 is 15.1 Å². The Labute approximate surface area is 114 Å². The van der Waals surface area contributed by atoms with Gasteiger partial charge >= 0.3 is 0 Å². The number of non-ortho nitro benzene ring substituents is 1. The topological polar surface area (TPSA) is 104 Å². The number of rotatable bonds is 6. The smallest absolute Gasteiger partial charge is 0.270 e. The molecular weight excluding hydrogens is 271 g/mol. The van der Waals surface area contributed by atoms with Crippen LogP contribution in [0.4, 0.5) is 10.1 Å². The molecule has 1 aromatic carbocycles. The van der Waals surface area contributed by atoms with Crippen molar-refractivity contribution < 1.29 is 24.3 Å². The third kappa shape index (κ3) is 3.49. The van der Waals surface area contributed by atoms with Gasteiger partial charge in [-0.25, -0.2) is 4.39 Å². The van der Waals surface area contributed by atoms with Crippen LogP contribution in [0, 0.1) is 22.9 Å². The fourth-order valence-electron chi connectivity index (χ4n) is 1.74. The quantitative estimate of drug-likeness (QED) is 0.584. The molecule has 0 aliphatic heterocycles. The van der Waals surface area contributed by atoms with Gasteiger partial charge in [-0.1, -0.05) is 0 Å². The van der Waals surface area contributed by atoms with Crippen LogP contribution >= 0.6 is 0 Å². The molecule has 0 bridgehead atoms. The van der Waals surface area contributed by atoms with Crippen LogP contribution in [0.3, 0.4) is 0 Å². The van der Waals surface area contributed by atoms with Crippen LogP contribution in [0.15, 0.2) is 12.1 Å². The number of carbonyl (C=O) groups is 1. The van der Waals surface area contributed by atoms with Crippen molar-refractivity contribution in [3.05, 3.63) is 39.2 Å². The van der Waals surface area contributed by atoms with Gasteiger partial charge in [0.25, 0.3) is 11.6 Å². The third-order valence-corrected chi connectivity index (χ3v) is 2.71. The molecule has 8 heteroatoms. The number of nitro groups is 1. The molecule has 20 heavy (non-hydrogen) atoms. The highest BCUT2D eigenvalue weighted by atomic mass is 19.1. The number of aryl methyl sites for hydroxylation is 1. The molecule has 0 saturated carbocycles. The summed E-state index contributed by atoms with van der Waals surface area (Å²) in [6.07, 6.45) is 0. The van der Waals surface area contributed by atoms with Crippen molar-refractivity contribution in [2.75, 3.05) is 26.3 Å². The van der Waals surface area contributed by atoms with Gasteiger partial charge in [-0.2, -0.15) is 0 Å². The van der Waals surface area contributed by atoms with Crippen LogP contribution in [0.5, 0.6) is 0 Å². The molecular formula is C12H15FN2O5. The molecule has 0 saturated heterocycles. The SMILES string of the molecule is Cc1cc([N+](=O)[O-])cc(C(=O)N(CCO)CCO)c1F. The molecule has 0 fully saturated rings. The molecule has 110 valence electrons. The second kappa shape index (κ2) is 6.92. The second-order valence-electron chi connectivity index (χ2n) is 4.12. The van der Waals surface area contributed by atoms with Crippen molar-refractivity contribution in [2.45, 2.75) is 6.92 Å². The number of hydrogen-bond donors (Lipinski definition) is 2. The number of hydrogen-bond acceptors (Lipinski definition) is 5. The zero-order chi connectivity index (χ0) is 15.3. The van der Waals surface area contributed by atoms with Crippen LogP contribution in [0.25, 0.3) is 0 Å². The third-order valence-electron chi connectivity index (χ3n) is 2.71.